The number of aliphatic hydroxyl groups is 1. The van der Waals surface area contributed by atoms with Gasteiger partial charge in [-0.05, 0) is 41.5 Å². The van der Waals surface area contributed by atoms with E-state index in [1.165, 1.54) is 11.6 Å². The lowest BCUT2D eigenvalue weighted by Crippen LogP contribution is -2.01. The predicted molar refractivity (Wildman–Crippen MR) is 115 cm³/mol. The van der Waals surface area contributed by atoms with Gasteiger partial charge in [0.15, 0.2) is 9.84 Å². The topological polar surface area (TPSA) is 59.3 Å². The van der Waals surface area contributed by atoms with Crippen molar-refractivity contribution in [1.29, 1.82) is 0 Å². The maximum absolute atomic E-state index is 11.6. The van der Waals surface area contributed by atoms with E-state index in [4.69, 9.17) is 0 Å². The molecule has 0 aliphatic heterocycles. The summed E-state index contributed by atoms with van der Waals surface area (Å²) in [7, 11) is -3.18. The van der Waals surface area contributed by atoms with Crippen LogP contribution in [0, 0.1) is 0 Å². The van der Waals surface area contributed by atoms with Gasteiger partial charge in [-0.2, -0.15) is 0 Å². The fourth-order valence-electron chi connectivity index (χ4n) is 3.53. The van der Waals surface area contributed by atoms with E-state index >= 15 is 0 Å². The summed E-state index contributed by atoms with van der Waals surface area (Å²) < 4.78 is 25.3. The van der Waals surface area contributed by atoms with Crippen LogP contribution in [-0.4, -0.2) is 31.0 Å². The van der Waals surface area contributed by atoms with Crippen molar-refractivity contribution in [3.05, 3.63) is 77.9 Å². The Hall–Kier alpha value is -2.89. The molecule has 0 aliphatic carbocycles. The van der Waals surface area contributed by atoms with Crippen molar-refractivity contribution in [2.24, 2.45) is 0 Å². The monoisotopic (exact) mass is 391 g/mol. The molecule has 0 unspecified atom stereocenters. The van der Waals surface area contributed by atoms with Gasteiger partial charge in [0.05, 0.1) is 11.5 Å². The molecule has 1 heterocycles. The third-order valence-electron chi connectivity index (χ3n) is 4.90. The van der Waals surface area contributed by atoms with Crippen molar-refractivity contribution >= 4 is 43.8 Å². The molecule has 0 saturated carbocycles. The van der Waals surface area contributed by atoms with E-state index in [2.05, 4.69) is 34.9 Å². The highest BCUT2D eigenvalue weighted by molar-refractivity contribution is 7.90. The van der Waals surface area contributed by atoms with Crippen molar-refractivity contribution in [2.45, 2.75) is 11.4 Å². The Morgan fingerprint density at radius 2 is 1.50 bits per heavy atom. The number of nitrogens with zero attached hydrogens (tertiary/aromatic N) is 1. The second-order valence-electron chi connectivity index (χ2n) is 6.84. The first-order chi connectivity index (χ1) is 13.5. The van der Waals surface area contributed by atoms with Gasteiger partial charge in [-0.3, -0.25) is 0 Å². The maximum atomic E-state index is 11.6. The summed E-state index contributed by atoms with van der Waals surface area (Å²) >= 11 is 0. The second-order valence-corrected chi connectivity index (χ2v) is 8.86. The third-order valence-corrected chi connectivity index (χ3v) is 6.02. The van der Waals surface area contributed by atoms with Gasteiger partial charge < -0.3 is 9.67 Å². The first-order valence-corrected chi connectivity index (χ1v) is 11.0. The van der Waals surface area contributed by atoms with E-state index < -0.39 is 9.84 Å². The summed E-state index contributed by atoms with van der Waals surface area (Å²) in [6, 6.07) is 21.3. The largest absolute Gasteiger partial charge is 0.395 e. The van der Waals surface area contributed by atoms with Crippen LogP contribution in [-0.2, 0) is 16.4 Å². The number of para-hydroxylation sites is 1. The van der Waals surface area contributed by atoms with E-state index in [9.17, 15) is 13.5 Å². The highest BCUT2D eigenvalue weighted by atomic mass is 32.2. The molecule has 0 amide bonds. The van der Waals surface area contributed by atoms with Gasteiger partial charge in [0.2, 0.25) is 0 Å². The SMILES string of the molecule is CS(=O)(=O)c1ccc(/C=C/c2ccc3c(c2)c2ccccc2n3CCO)cc1. The molecule has 4 rings (SSSR count). The first-order valence-electron chi connectivity index (χ1n) is 9.07. The molecular weight excluding hydrogens is 370 g/mol. The van der Waals surface area contributed by atoms with Crippen LogP contribution in [0.4, 0.5) is 0 Å². The van der Waals surface area contributed by atoms with Gasteiger partial charge in [0.25, 0.3) is 0 Å². The zero-order valence-corrected chi connectivity index (χ0v) is 16.4. The number of benzene rings is 3. The number of hydrogen-bond acceptors (Lipinski definition) is 3. The van der Waals surface area contributed by atoms with Crippen LogP contribution in [0.2, 0.25) is 0 Å². The van der Waals surface area contributed by atoms with Gasteiger partial charge in [-0.15, -0.1) is 0 Å². The van der Waals surface area contributed by atoms with Crippen LogP contribution in [0.15, 0.2) is 71.6 Å². The van der Waals surface area contributed by atoms with E-state index in [-0.39, 0.29) is 6.61 Å². The molecule has 0 saturated heterocycles. The van der Waals surface area contributed by atoms with Crippen molar-refractivity contribution in [3.63, 3.8) is 0 Å². The smallest absolute Gasteiger partial charge is 0.175 e. The summed E-state index contributed by atoms with van der Waals surface area (Å²) in [5.74, 6) is 0. The molecule has 0 aliphatic rings. The minimum absolute atomic E-state index is 0.0961. The first kappa shape index (κ1) is 18.5. The Kier molecular flexibility index (Phi) is 4.79. The van der Waals surface area contributed by atoms with Crippen molar-refractivity contribution in [3.8, 4) is 0 Å². The molecule has 0 radical (unpaired) electrons. The maximum Gasteiger partial charge on any atom is 0.175 e. The average Bonchev–Trinajstić information content (AvgIpc) is 3.00. The molecule has 5 heteroatoms. The molecule has 4 aromatic rings. The summed E-state index contributed by atoms with van der Waals surface area (Å²) in [5, 5.41) is 11.7. The highest BCUT2D eigenvalue weighted by Crippen LogP contribution is 2.30. The second kappa shape index (κ2) is 7.26. The highest BCUT2D eigenvalue weighted by Gasteiger charge is 2.10. The van der Waals surface area contributed by atoms with Gasteiger partial charge in [0.1, 0.15) is 0 Å². The van der Waals surface area contributed by atoms with E-state index in [1.54, 1.807) is 24.3 Å². The summed E-state index contributed by atoms with van der Waals surface area (Å²) in [6.07, 6.45) is 5.20. The Morgan fingerprint density at radius 3 is 2.21 bits per heavy atom. The Balaban J connectivity index is 1.72. The molecule has 0 fully saturated rings. The molecule has 142 valence electrons. The van der Waals surface area contributed by atoms with Crippen LogP contribution < -0.4 is 0 Å². The van der Waals surface area contributed by atoms with E-state index in [1.807, 2.05) is 24.3 Å². The Labute approximate surface area is 164 Å². The lowest BCUT2D eigenvalue weighted by Gasteiger charge is -2.04. The molecular formula is C23H21NO3S. The molecule has 28 heavy (non-hydrogen) atoms. The number of rotatable bonds is 5. The standard InChI is InChI=1S/C23H21NO3S/c1-28(26,27)19-11-8-17(9-12-19)6-7-18-10-13-23-21(16-18)20-4-2-3-5-22(20)24(23)14-15-25/h2-13,16,25H,14-15H2,1H3/b7-6+. The molecule has 0 atom stereocenters. The quantitative estimate of drug-likeness (QED) is 0.514. The van der Waals surface area contributed by atoms with Gasteiger partial charge in [0, 0.05) is 34.6 Å². The van der Waals surface area contributed by atoms with Crippen LogP contribution >= 0.6 is 0 Å². The normalized spacial score (nSPS) is 12.4. The minimum atomic E-state index is -3.18. The average molecular weight is 391 g/mol. The summed E-state index contributed by atoms with van der Waals surface area (Å²) in [6.45, 7) is 0.658. The number of hydrogen-bond donors (Lipinski definition) is 1. The van der Waals surface area contributed by atoms with Crippen molar-refractivity contribution in [2.75, 3.05) is 12.9 Å². The molecule has 1 aromatic heterocycles. The fraction of sp³-hybridized carbons (Fsp3) is 0.130. The zero-order valence-electron chi connectivity index (χ0n) is 15.5. The Bertz CT molecular complexity index is 1280. The molecule has 0 bridgehead atoms. The fourth-order valence-corrected chi connectivity index (χ4v) is 4.16. The number of sulfone groups is 1. The number of aromatic nitrogens is 1. The van der Waals surface area contributed by atoms with Gasteiger partial charge >= 0.3 is 0 Å². The molecule has 4 nitrogen and oxygen atoms in total. The summed E-state index contributed by atoms with van der Waals surface area (Å²) in [5.41, 5.74) is 4.22. The van der Waals surface area contributed by atoms with E-state index in [0.29, 0.717) is 11.4 Å². The lowest BCUT2D eigenvalue weighted by molar-refractivity contribution is 0.280. The molecule has 1 N–H and O–H groups in total. The predicted octanol–water partition coefficient (Wildman–Crippen LogP) is 4.36. The summed E-state index contributed by atoms with van der Waals surface area (Å²) in [4.78, 5) is 0.322. The zero-order chi connectivity index (χ0) is 19.7. The number of fused-ring (bicyclic) bond motifs is 3. The van der Waals surface area contributed by atoms with Gasteiger partial charge in [-0.1, -0.05) is 48.6 Å². The van der Waals surface area contributed by atoms with Crippen LogP contribution in [0.25, 0.3) is 34.0 Å². The molecule has 0 spiro atoms. The van der Waals surface area contributed by atoms with Crippen molar-refractivity contribution < 1.29 is 13.5 Å². The van der Waals surface area contributed by atoms with E-state index in [0.717, 1.165) is 27.5 Å². The Morgan fingerprint density at radius 1 is 0.857 bits per heavy atom. The lowest BCUT2D eigenvalue weighted by atomic mass is 10.1. The van der Waals surface area contributed by atoms with Crippen LogP contribution in [0.3, 0.4) is 0 Å². The molecule has 3 aromatic carbocycles. The minimum Gasteiger partial charge on any atom is -0.395 e. The van der Waals surface area contributed by atoms with Crippen LogP contribution in [0.5, 0.6) is 0 Å². The van der Waals surface area contributed by atoms with Crippen molar-refractivity contribution in [1.82, 2.24) is 4.57 Å². The third kappa shape index (κ3) is 3.46. The van der Waals surface area contributed by atoms with Crippen LogP contribution in [0.1, 0.15) is 11.1 Å². The van der Waals surface area contributed by atoms with Gasteiger partial charge in [-0.25, -0.2) is 8.42 Å². The number of aliphatic hydroxyl groups excluding tert-OH is 1.